The van der Waals surface area contributed by atoms with E-state index in [0.29, 0.717) is 11.9 Å². The molecule has 68 valence electrons. The summed E-state index contributed by atoms with van der Waals surface area (Å²) < 4.78 is 0. The Bertz CT molecular complexity index is 312. The molecule has 3 N–H and O–H groups in total. The van der Waals surface area contributed by atoms with E-state index in [4.69, 9.17) is 5.73 Å². The second kappa shape index (κ2) is 3.47. The van der Waals surface area contributed by atoms with Crippen LogP contribution in [0.1, 0.15) is 12.8 Å². The van der Waals surface area contributed by atoms with Crippen LogP contribution in [0.5, 0.6) is 0 Å². The van der Waals surface area contributed by atoms with Gasteiger partial charge in [-0.25, -0.2) is 4.98 Å². The van der Waals surface area contributed by atoms with Crippen molar-refractivity contribution in [1.82, 2.24) is 4.98 Å². The summed E-state index contributed by atoms with van der Waals surface area (Å²) in [6.45, 7) is 0. The van der Waals surface area contributed by atoms with Crippen molar-refractivity contribution < 1.29 is 0 Å². The Labute approximate surface area is 77.7 Å². The SMILES string of the molecule is Nc1ncccc1NC1CC=CC1. The van der Waals surface area contributed by atoms with Gasteiger partial charge in [-0.15, -0.1) is 0 Å². The lowest BCUT2D eigenvalue weighted by molar-refractivity contribution is 0.786. The predicted octanol–water partition coefficient (Wildman–Crippen LogP) is 1.79. The fourth-order valence-electron chi connectivity index (χ4n) is 1.49. The monoisotopic (exact) mass is 175 g/mol. The molecule has 0 radical (unpaired) electrons. The molecular formula is C10H13N3. The van der Waals surface area contributed by atoms with Crippen LogP contribution in [0, 0.1) is 0 Å². The molecule has 0 aliphatic heterocycles. The van der Waals surface area contributed by atoms with Crippen molar-refractivity contribution in [1.29, 1.82) is 0 Å². The Hall–Kier alpha value is -1.51. The molecule has 3 nitrogen and oxygen atoms in total. The lowest BCUT2D eigenvalue weighted by Gasteiger charge is -2.14. The summed E-state index contributed by atoms with van der Waals surface area (Å²) in [5, 5.41) is 3.36. The molecule has 0 saturated carbocycles. The summed E-state index contributed by atoms with van der Waals surface area (Å²) in [6, 6.07) is 4.34. The molecule has 2 rings (SSSR count). The van der Waals surface area contributed by atoms with Gasteiger partial charge in [0.15, 0.2) is 0 Å². The van der Waals surface area contributed by atoms with Crippen LogP contribution in [-0.4, -0.2) is 11.0 Å². The van der Waals surface area contributed by atoms with Crippen molar-refractivity contribution in [3.63, 3.8) is 0 Å². The predicted molar refractivity (Wildman–Crippen MR) is 54.4 cm³/mol. The molecule has 1 aromatic rings. The van der Waals surface area contributed by atoms with E-state index in [9.17, 15) is 0 Å². The number of nitrogens with one attached hydrogen (secondary N) is 1. The molecule has 0 bridgehead atoms. The maximum absolute atomic E-state index is 5.70. The van der Waals surface area contributed by atoms with Crippen LogP contribution in [0.4, 0.5) is 11.5 Å². The van der Waals surface area contributed by atoms with Gasteiger partial charge < -0.3 is 11.1 Å². The minimum absolute atomic E-state index is 0.492. The Balaban J connectivity index is 2.05. The molecule has 1 aliphatic rings. The Morgan fingerprint density at radius 2 is 2.15 bits per heavy atom. The fraction of sp³-hybridized carbons (Fsp3) is 0.300. The average Bonchev–Trinajstić information content (AvgIpc) is 2.61. The minimum atomic E-state index is 0.492. The number of pyridine rings is 1. The zero-order chi connectivity index (χ0) is 9.10. The highest BCUT2D eigenvalue weighted by atomic mass is 15.0. The summed E-state index contributed by atoms with van der Waals surface area (Å²) in [4.78, 5) is 4.02. The summed E-state index contributed by atoms with van der Waals surface area (Å²) in [5.41, 5.74) is 6.65. The molecule has 1 aliphatic carbocycles. The smallest absolute Gasteiger partial charge is 0.146 e. The Morgan fingerprint density at radius 3 is 2.85 bits per heavy atom. The summed E-state index contributed by atoms with van der Waals surface area (Å²) in [7, 11) is 0. The van der Waals surface area contributed by atoms with Gasteiger partial charge in [-0.1, -0.05) is 12.2 Å². The summed E-state index contributed by atoms with van der Waals surface area (Å²) in [5.74, 6) is 0.578. The van der Waals surface area contributed by atoms with Gasteiger partial charge >= 0.3 is 0 Å². The highest BCUT2D eigenvalue weighted by molar-refractivity contribution is 5.61. The number of nitrogens with zero attached hydrogens (tertiary/aromatic N) is 1. The molecule has 1 heterocycles. The van der Waals surface area contributed by atoms with E-state index in [2.05, 4.69) is 22.5 Å². The summed E-state index contributed by atoms with van der Waals surface area (Å²) >= 11 is 0. The van der Waals surface area contributed by atoms with Crippen molar-refractivity contribution in [2.75, 3.05) is 11.1 Å². The van der Waals surface area contributed by atoms with Crippen LogP contribution in [0.2, 0.25) is 0 Å². The third-order valence-corrected chi connectivity index (χ3v) is 2.21. The molecule has 0 atom stereocenters. The first-order chi connectivity index (χ1) is 6.36. The van der Waals surface area contributed by atoms with Crippen LogP contribution < -0.4 is 11.1 Å². The van der Waals surface area contributed by atoms with Crippen LogP contribution in [0.25, 0.3) is 0 Å². The average molecular weight is 175 g/mol. The number of rotatable bonds is 2. The van der Waals surface area contributed by atoms with Crippen LogP contribution >= 0.6 is 0 Å². The van der Waals surface area contributed by atoms with Gasteiger partial charge in [-0.05, 0) is 25.0 Å². The van der Waals surface area contributed by atoms with Gasteiger partial charge in [-0.2, -0.15) is 0 Å². The lowest BCUT2D eigenvalue weighted by Crippen LogP contribution is -2.16. The van der Waals surface area contributed by atoms with E-state index in [1.165, 1.54) is 0 Å². The van der Waals surface area contributed by atoms with Gasteiger partial charge in [0.25, 0.3) is 0 Å². The molecular weight excluding hydrogens is 162 g/mol. The summed E-state index contributed by atoms with van der Waals surface area (Å²) in [6.07, 6.45) is 8.23. The molecule has 3 heteroatoms. The number of nitrogen functional groups attached to an aromatic ring is 1. The van der Waals surface area contributed by atoms with Crippen LogP contribution in [0.15, 0.2) is 30.5 Å². The molecule has 0 saturated heterocycles. The molecule has 0 unspecified atom stereocenters. The maximum atomic E-state index is 5.70. The second-order valence-corrected chi connectivity index (χ2v) is 3.22. The normalized spacial score (nSPS) is 16.3. The third-order valence-electron chi connectivity index (χ3n) is 2.21. The van der Waals surface area contributed by atoms with Crippen molar-refractivity contribution in [3.8, 4) is 0 Å². The van der Waals surface area contributed by atoms with E-state index in [-0.39, 0.29) is 0 Å². The van der Waals surface area contributed by atoms with Crippen molar-refractivity contribution >= 4 is 11.5 Å². The lowest BCUT2D eigenvalue weighted by atomic mass is 10.2. The van der Waals surface area contributed by atoms with E-state index < -0.39 is 0 Å². The maximum Gasteiger partial charge on any atom is 0.146 e. The number of aromatic nitrogens is 1. The molecule has 0 amide bonds. The van der Waals surface area contributed by atoms with Crippen molar-refractivity contribution in [2.24, 2.45) is 0 Å². The van der Waals surface area contributed by atoms with E-state index in [1.807, 2.05) is 12.1 Å². The number of anilines is 2. The minimum Gasteiger partial charge on any atom is -0.382 e. The number of hydrogen-bond acceptors (Lipinski definition) is 3. The molecule has 0 aromatic carbocycles. The first-order valence-electron chi connectivity index (χ1n) is 4.48. The second-order valence-electron chi connectivity index (χ2n) is 3.22. The van der Waals surface area contributed by atoms with Crippen LogP contribution in [0.3, 0.4) is 0 Å². The van der Waals surface area contributed by atoms with E-state index in [1.54, 1.807) is 6.20 Å². The fourth-order valence-corrected chi connectivity index (χ4v) is 1.49. The molecule has 1 aromatic heterocycles. The Morgan fingerprint density at radius 1 is 1.38 bits per heavy atom. The van der Waals surface area contributed by atoms with E-state index in [0.717, 1.165) is 18.5 Å². The van der Waals surface area contributed by atoms with Gasteiger partial charge in [0, 0.05) is 12.2 Å². The molecule has 0 fully saturated rings. The first-order valence-corrected chi connectivity index (χ1v) is 4.48. The standard InChI is InChI=1S/C10H13N3/c11-10-9(6-3-7-12-10)13-8-4-1-2-5-8/h1-3,6-8,13H,4-5H2,(H2,11,12). The highest BCUT2D eigenvalue weighted by Gasteiger charge is 2.10. The van der Waals surface area contributed by atoms with E-state index >= 15 is 0 Å². The van der Waals surface area contributed by atoms with Gasteiger partial charge in [0.1, 0.15) is 5.82 Å². The zero-order valence-corrected chi connectivity index (χ0v) is 7.40. The molecule has 13 heavy (non-hydrogen) atoms. The number of hydrogen-bond donors (Lipinski definition) is 2. The van der Waals surface area contributed by atoms with Gasteiger partial charge in [-0.3, -0.25) is 0 Å². The topological polar surface area (TPSA) is 50.9 Å². The van der Waals surface area contributed by atoms with Gasteiger partial charge in [0.2, 0.25) is 0 Å². The zero-order valence-electron chi connectivity index (χ0n) is 7.40. The van der Waals surface area contributed by atoms with Gasteiger partial charge in [0.05, 0.1) is 5.69 Å². The highest BCUT2D eigenvalue weighted by Crippen LogP contribution is 2.19. The van der Waals surface area contributed by atoms with Crippen LogP contribution in [-0.2, 0) is 0 Å². The largest absolute Gasteiger partial charge is 0.382 e. The quantitative estimate of drug-likeness (QED) is 0.674. The molecule has 0 spiro atoms. The Kier molecular flexibility index (Phi) is 2.17. The van der Waals surface area contributed by atoms with Crippen molar-refractivity contribution in [3.05, 3.63) is 30.5 Å². The first kappa shape index (κ1) is 8.10. The number of nitrogens with two attached hydrogens (primary N) is 1. The van der Waals surface area contributed by atoms with Crippen molar-refractivity contribution in [2.45, 2.75) is 18.9 Å². The third kappa shape index (κ3) is 1.80.